The van der Waals surface area contributed by atoms with Crippen molar-refractivity contribution in [2.24, 2.45) is 5.41 Å². The summed E-state index contributed by atoms with van der Waals surface area (Å²) < 4.78 is 0. The van der Waals surface area contributed by atoms with Gasteiger partial charge in [0, 0.05) is 30.0 Å². The average molecular weight is 437 g/mol. The van der Waals surface area contributed by atoms with E-state index in [4.69, 9.17) is 0 Å². The molecule has 2 fully saturated rings. The molecule has 2 aliphatic rings. The maximum atomic E-state index is 13.3. The fraction of sp³-hybridized carbons (Fsp3) is 0.593. The maximum absolute atomic E-state index is 13.3. The van der Waals surface area contributed by atoms with Crippen LogP contribution in [0.5, 0.6) is 0 Å². The third kappa shape index (κ3) is 5.41. The molecule has 0 aliphatic heterocycles. The molecule has 32 heavy (non-hydrogen) atoms. The molecule has 5 heteroatoms. The molecule has 0 bridgehead atoms. The zero-order valence-electron chi connectivity index (χ0n) is 20.3. The molecule has 1 spiro atoms. The Morgan fingerprint density at radius 2 is 1.56 bits per heavy atom. The minimum atomic E-state index is -0.655. The summed E-state index contributed by atoms with van der Waals surface area (Å²) in [5, 5.41) is 5.99. The highest BCUT2D eigenvalue weighted by molar-refractivity contribution is 6.10. The number of carbonyl (C=O) groups is 3. The van der Waals surface area contributed by atoms with Crippen molar-refractivity contribution in [1.29, 1.82) is 0 Å². The summed E-state index contributed by atoms with van der Waals surface area (Å²) in [6.07, 6.45) is 4.07. The standard InChI is InChI=1S/C27H36N2O3/c1-7-8-19-13-17(2)23(18(3)14-19)24-21(30)15-27(16-22(24)31)11-9-20(10-12-27)28-25(32)29-26(4,5)6/h13-14,20,24H,9-12,15-16H2,1-6H3,(H2,28,29,32). The van der Waals surface area contributed by atoms with Crippen LogP contribution in [0.25, 0.3) is 0 Å². The predicted octanol–water partition coefficient (Wildman–Crippen LogP) is 4.72. The van der Waals surface area contributed by atoms with Crippen LogP contribution in [0.2, 0.25) is 0 Å². The van der Waals surface area contributed by atoms with E-state index in [1.807, 2.05) is 46.8 Å². The Kier molecular flexibility index (Phi) is 6.83. The van der Waals surface area contributed by atoms with Crippen molar-refractivity contribution >= 4 is 17.6 Å². The second-order valence-corrected chi connectivity index (χ2v) is 10.7. The van der Waals surface area contributed by atoms with E-state index in [-0.39, 0.29) is 34.6 Å². The van der Waals surface area contributed by atoms with Crippen LogP contribution in [0.3, 0.4) is 0 Å². The van der Waals surface area contributed by atoms with Crippen molar-refractivity contribution in [3.63, 3.8) is 0 Å². The van der Waals surface area contributed by atoms with Crippen molar-refractivity contribution < 1.29 is 14.4 Å². The first kappa shape index (κ1) is 24.0. The van der Waals surface area contributed by atoms with Gasteiger partial charge in [0.25, 0.3) is 0 Å². The quantitative estimate of drug-likeness (QED) is 0.520. The van der Waals surface area contributed by atoms with Crippen LogP contribution in [0.1, 0.15) is 94.4 Å². The van der Waals surface area contributed by atoms with Gasteiger partial charge in [-0.2, -0.15) is 0 Å². The molecule has 0 aromatic heterocycles. The molecule has 3 rings (SSSR count). The van der Waals surface area contributed by atoms with E-state index in [2.05, 4.69) is 22.5 Å². The highest BCUT2D eigenvalue weighted by atomic mass is 16.2. The van der Waals surface area contributed by atoms with Crippen molar-refractivity contribution in [2.45, 2.75) is 97.6 Å². The molecule has 2 amide bonds. The summed E-state index contributed by atoms with van der Waals surface area (Å²) in [4.78, 5) is 38.8. The van der Waals surface area contributed by atoms with Gasteiger partial charge in [0.2, 0.25) is 0 Å². The van der Waals surface area contributed by atoms with Crippen LogP contribution in [-0.4, -0.2) is 29.2 Å². The minimum Gasteiger partial charge on any atom is -0.335 e. The number of hydrogen-bond acceptors (Lipinski definition) is 3. The highest BCUT2D eigenvalue weighted by Crippen LogP contribution is 2.49. The fourth-order valence-electron chi connectivity index (χ4n) is 5.44. The van der Waals surface area contributed by atoms with E-state index in [0.717, 1.165) is 47.9 Å². The van der Waals surface area contributed by atoms with E-state index >= 15 is 0 Å². The molecule has 0 heterocycles. The average Bonchev–Trinajstić information content (AvgIpc) is 2.64. The smallest absolute Gasteiger partial charge is 0.315 e. The van der Waals surface area contributed by atoms with Crippen molar-refractivity contribution in [1.82, 2.24) is 10.6 Å². The second-order valence-electron chi connectivity index (χ2n) is 10.7. The molecule has 1 aromatic rings. The molecular formula is C27H36N2O3. The number of ketones is 2. The van der Waals surface area contributed by atoms with Gasteiger partial charge in [0.15, 0.2) is 0 Å². The molecule has 0 radical (unpaired) electrons. The molecule has 0 unspecified atom stereocenters. The fourth-order valence-corrected chi connectivity index (χ4v) is 5.44. The number of Topliss-reactive ketones (excluding diaryl/α,β-unsaturated/α-hetero) is 2. The van der Waals surface area contributed by atoms with E-state index < -0.39 is 5.92 Å². The molecule has 5 nitrogen and oxygen atoms in total. The first-order valence-corrected chi connectivity index (χ1v) is 11.6. The first-order valence-electron chi connectivity index (χ1n) is 11.6. The zero-order chi connectivity index (χ0) is 23.7. The summed E-state index contributed by atoms with van der Waals surface area (Å²) >= 11 is 0. The molecular weight excluding hydrogens is 400 g/mol. The van der Waals surface area contributed by atoms with Gasteiger partial charge >= 0.3 is 6.03 Å². The summed E-state index contributed by atoms with van der Waals surface area (Å²) in [5.41, 5.74) is 3.17. The molecule has 1 aromatic carbocycles. The highest BCUT2D eigenvalue weighted by Gasteiger charge is 2.47. The van der Waals surface area contributed by atoms with Gasteiger partial charge < -0.3 is 10.6 Å². The zero-order valence-corrected chi connectivity index (χ0v) is 20.3. The van der Waals surface area contributed by atoms with Gasteiger partial charge in [-0.15, -0.1) is 5.92 Å². The maximum Gasteiger partial charge on any atom is 0.315 e. The minimum absolute atomic E-state index is 0.0404. The number of benzene rings is 1. The van der Waals surface area contributed by atoms with Crippen molar-refractivity contribution in [3.8, 4) is 11.8 Å². The van der Waals surface area contributed by atoms with Gasteiger partial charge in [0.1, 0.15) is 17.5 Å². The summed E-state index contributed by atoms with van der Waals surface area (Å²) in [5.74, 6) is 5.40. The third-order valence-corrected chi connectivity index (χ3v) is 6.76. The number of nitrogens with one attached hydrogen (secondary N) is 2. The molecule has 0 saturated heterocycles. The Morgan fingerprint density at radius 1 is 1.03 bits per heavy atom. The molecule has 0 atom stereocenters. The van der Waals surface area contributed by atoms with Crippen LogP contribution >= 0.6 is 0 Å². The van der Waals surface area contributed by atoms with Crippen LogP contribution in [0.15, 0.2) is 12.1 Å². The normalized spacial score (nSPS) is 25.8. The van der Waals surface area contributed by atoms with Crippen molar-refractivity contribution in [3.05, 3.63) is 34.4 Å². The number of aryl methyl sites for hydroxylation is 2. The second kappa shape index (κ2) is 9.10. The first-order chi connectivity index (χ1) is 14.9. The Balaban J connectivity index is 1.68. The van der Waals surface area contributed by atoms with Gasteiger partial charge in [-0.25, -0.2) is 4.79 Å². The third-order valence-electron chi connectivity index (χ3n) is 6.76. The van der Waals surface area contributed by atoms with E-state index in [1.54, 1.807) is 6.92 Å². The van der Waals surface area contributed by atoms with Gasteiger partial charge in [-0.3, -0.25) is 9.59 Å². The monoisotopic (exact) mass is 436 g/mol. The number of rotatable bonds is 2. The van der Waals surface area contributed by atoms with Crippen LogP contribution in [0, 0.1) is 31.1 Å². The van der Waals surface area contributed by atoms with Crippen LogP contribution < -0.4 is 10.6 Å². The van der Waals surface area contributed by atoms with Gasteiger partial charge in [-0.1, -0.05) is 5.92 Å². The summed E-state index contributed by atoms with van der Waals surface area (Å²) in [6.45, 7) is 11.6. The number of carbonyl (C=O) groups excluding carboxylic acids is 3. The number of amides is 2. The van der Waals surface area contributed by atoms with E-state index in [9.17, 15) is 14.4 Å². The summed E-state index contributed by atoms with van der Waals surface area (Å²) in [6, 6.07) is 3.88. The number of hydrogen-bond donors (Lipinski definition) is 2. The SMILES string of the molecule is CC#Cc1cc(C)c(C2C(=O)CC3(CCC(NC(=O)NC(C)(C)C)CC3)CC2=O)c(C)c1. The Bertz CT molecular complexity index is 939. The lowest BCUT2D eigenvalue weighted by Gasteiger charge is -2.44. The van der Waals surface area contributed by atoms with Crippen LogP contribution in [-0.2, 0) is 9.59 Å². The molecule has 2 aliphatic carbocycles. The lowest BCUT2D eigenvalue weighted by Crippen LogP contribution is -2.51. The summed E-state index contributed by atoms with van der Waals surface area (Å²) in [7, 11) is 0. The lowest BCUT2D eigenvalue weighted by molar-refractivity contribution is -0.138. The predicted molar refractivity (Wildman–Crippen MR) is 127 cm³/mol. The van der Waals surface area contributed by atoms with E-state index in [1.165, 1.54) is 0 Å². The topological polar surface area (TPSA) is 75.3 Å². The molecule has 2 N–H and O–H groups in total. The van der Waals surface area contributed by atoms with Crippen LogP contribution in [0.4, 0.5) is 4.79 Å². The van der Waals surface area contributed by atoms with Gasteiger partial charge in [-0.05, 0) is 101 Å². The van der Waals surface area contributed by atoms with E-state index in [0.29, 0.717) is 12.8 Å². The Morgan fingerprint density at radius 3 is 2.03 bits per heavy atom. The molecule has 2 saturated carbocycles. The Labute approximate surface area is 192 Å². The molecule has 172 valence electrons. The lowest BCUT2D eigenvalue weighted by atomic mass is 9.60. The largest absolute Gasteiger partial charge is 0.335 e. The van der Waals surface area contributed by atoms with Crippen molar-refractivity contribution in [2.75, 3.05) is 0 Å². The Hall–Kier alpha value is -2.61. The van der Waals surface area contributed by atoms with Gasteiger partial charge in [0.05, 0.1) is 0 Å². The number of urea groups is 1.